The zero-order chi connectivity index (χ0) is 19.0. The molecule has 0 atom stereocenters. The van der Waals surface area contributed by atoms with E-state index >= 15 is 0 Å². The Morgan fingerprint density at radius 1 is 1.19 bits per heavy atom. The molecule has 0 N–H and O–H groups in total. The van der Waals surface area contributed by atoms with E-state index in [2.05, 4.69) is 14.9 Å². The molecule has 0 radical (unpaired) electrons. The summed E-state index contributed by atoms with van der Waals surface area (Å²) in [6, 6.07) is 5.15. The molecule has 3 heterocycles. The van der Waals surface area contributed by atoms with E-state index in [1.54, 1.807) is 18.3 Å². The summed E-state index contributed by atoms with van der Waals surface area (Å²) in [5.74, 6) is 0.973. The van der Waals surface area contributed by atoms with Gasteiger partial charge in [0.15, 0.2) is 0 Å². The quantitative estimate of drug-likeness (QED) is 0.779. The Bertz CT molecular complexity index is 958. The summed E-state index contributed by atoms with van der Waals surface area (Å²) in [6.45, 7) is 5.12. The van der Waals surface area contributed by atoms with Gasteiger partial charge in [0.05, 0.1) is 32.6 Å². The van der Waals surface area contributed by atoms with Gasteiger partial charge in [0.2, 0.25) is 16.0 Å². The lowest BCUT2D eigenvalue weighted by molar-refractivity contribution is 0.122. The third kappa shape index (κ3) is 3.38. The van der Waals surface area contributed by atoms with Crippen LogP contribution in [0.25, 0.3) is 0 Å². The fourth-order valence-electron chi connectivity index (χ4n) is 3.32. The summed E-state index contributed by atoms with van der Waals surface area (Å²) in [5, 5.41) is 0. The second kappa shape index (κ2) is 7.06. The predicted molar refractivity (Wildman–Crippen MR) is 99.2 cm³/mol. The van der Waals surface area contributed by atoms with Crippen LogP contribution in [0.1, 0.15) is 16.8 Å². The Balaban J connectivity index is 1.61. The first-order valence-corrected chi connectivity index (χ1v) is 10.3. The Labute approximate surface area is 158 Å². The van der Waals surface area contributed by atoms with E-state index in [-0.39, 0.29) is 18.0 Å². The van der Waals surface area contributed by atoms with Gasteiger partial charge in [-0.05, 0) is 24.6 Å². The van der Waals surface area contributed by atoms with Gasteiger partial charge in [-0.3, -0.25) is 0 Å². The van der Waals surface area contributed by atoms with Crippen LogP contribution in [0.15, 0.2) is 29.3 Å². The van der Waals surface area contributed by atoms with Crippen molar-refractivity contribution >= 4 is 16.0 Å². The molecule has 0 spiro atoms. The van der Waals surface area contributed by atoms with E-state index in [9.17, 15) is 8.42 Å². The third-order valence-electron chi connectivity index (χ3n) is 4.85. The van der Waals surface area contributed by atoms with Gasteiger partial charge in [-0.25, -0.2) is 18.4 Å². The second-order valence-corrected chi connectivity index (χ2v) is 8.58. The molecular formula is C18H22N4O4S. The Morgan fingerprint density at radius 2 is 1.96 bits per heavy atom. The molecule has 1 saturated heterocycles. The molecule has 2 aliphatic rings. The molecule has 4 rings (SSSR count). The minimum atomic E-state index is -3.70. The first-order valence-electron chi connectivity index (χ1n) is 8.81. The fourth-order valence-corrected chi connectivity index (χ4v) is 4.94. The van der Waals surface area contributed by atoms with E-state index in [1.807, 2.05) is 13.0 Å². The summed E-state index contributed by atoms with van der Waals surface area (Å²) >= 11 is 0. The number of benzene rings is 1. The van der Waals surface area contributed by atoms with Crippen LogP contribution in [0.2, 0.25) is 0 Å². The summed E-state index contributed by atoms with van der Waals surface area (Å²) < 4.78 is 38.4. The molecule has 0 saturated carbocycles. The molecule has 1 aromatic carbocycles. The molecule has 1 aromatic heterocycles. The van der Waals surface area contributed by atoms with Crippen molar-refractivity contribution in [3.63, 3.8) is 0 Å². The normalized spacial score (nSPS) is 17.8. The number of rotatable bonds is 4. The zero-order valence-electron chi connectivity index (χ0n) is 15.4. The zero-order valence-corrected chi connectivity index (χ0v) is 16.2. The maximum atomic E-state index is 13.2. The molecular weight excluding hydrogens is 368 g/mol. The van der Waals surface area contributed by atoms with Gasteiger partial charge in [-0.2, -0.15) is 4.31 Å². The van der Waals surface area contributed by atoms with Crippen molar-refractivity contribution in [3.05, 3.63) is 41.2 Å². The highest BCUT2D eigenvalue weighted by atomic mass is 32.2. The number of methoxy groups -OCH3 is 1. The van der Waals surface area contributed by atoms with Crippen LogP contribution >= 0.6 is 0 Å². The Hall–Kier alpha value is -2.23. The molecule has 0 unspecified atom stereocenters. The highest BCUT2D eigenvalue weighted by Gasteiger charge is 2.34. The molecule has 0 bridgehead atoms. The minimum Gasteiger partial charge on any atom is -0.495 e. The van der Waals surface area contributed by atoms with Crippen molar-refractivity contribution in [1.82, 2.24) is 14.3 Å². The van der Waals surface area contributed by atoms with Crippen molar-refractivity contribution < 1.29 is 17.9 Å². The SMILES string of the molecule is COc1ccc(C)cc1S(=O)(=O)N1Cc2cnc(N3CCOCC3)nc2C1. The Morgan fingerprint density at radius 3 is 2.70 bits per heavy atom. The molecule has 0 aliphatic carbocycles. The second-order valence-electron chi connectivity index (χ2n) is 6.67. The average Bonchev–Trinajstić information content (AvgIpc) is 3.13. The number of morpholine rings is 1. The number of hydrogen-bond donors (Lipinski definition) is 0. The Kier molecular flexibility index (Phi) is 4.75. The lowest BCUT2D eigenvalue weighted by Gasteiger charge is -2.26. The van der Waals surface area contributed by atoms with Gasteiger partial charge < -0.3 is 14.4 Å². The lowest BCUT2D eigenvalue weighted by atomic mass is 10.2. The predicted octanol–water partition coefficient (Wildman–Crippen LogP) is 1.33. The molecule has 144 valence electrons. The van der Waals surface area contributed by atoms with E-state index < -0.39 is 10.0 Å². The van der Waals surface area contributed by atoms with Crippen LogP contribution in [0.4, 0.5) is 5.95 Å². The first-order chi connectivity index (χ1) is 13.0. The largest absolute Gasteiger partial charge is 0.495 e. The summed E-state index contributed by atoms with van der Waals surface area (Å²) in [6.07, 6.45) is 1.73. The van der Waals surface area contributed by atoms with Gasteiger partial charge >= 0.3 is 0 Å². The average molecular weight is 390 g/mol. The number of hydrogen-bond acceptors (Lipinski definition) is 7. The highest BCUT2D eigenvalue weighted by molar-refractivity contribution is 7.89. The van der Waals surface area contributed by atoms with Gasteiger partial charge in [-0.1, -0.05) is 6.07 Å². The van der Waals surface area contributed by atoms with Crippen LogP contribution in [0.5, 0.6) is 5.75 Å². The molecule has 27 heavy (non-hydrogen) atoms. The number of ether oxygens (including phenoxy) is 2. The molecule has 8 nitrogen and oxygen atoms in total. The third-order valence-corrected chi connectivity index (χ3v) is 6.66. The summed E-state index contributed by atoms with van der Waals surface area (Å²) in [4.78, 5) is 11.3. The van der Waals surface area contributed by atoms with Crippen LogP contribution in [-0.2, 0) is 27.8 Å². The van der Waals surface area contributed by atoms with E-state index in [4.69, 9.17) is 9.47 Å². The van der Waals surface area contributed by atoms with Crippen molar-refractivity contribution in [2.45, 2.75) is 24.9 Å². The smallest absolute Gasteiger partial charge is 0.247 e. The molecule has 2 aliphatic heterocycles. The molecule has 9 heteroatoms. The van der Waals surface area contributed by atoms with Gasteiger partial charge in [0, 0.05) is 31.4 Å². The number of aryl methyl sites for hydroxylation is 1. The van der Waals surface area contributed by atoms with Crippen molar-refractivity contribution in [2.24, 2.45) is 0 Å². The highest BCUT2D eigenvalue weighted by Crippen LogP contribution is 2.33. The van der Waals surface area contributed by atoms with E-state index in [0.29, 0.717) is 24.9 Å². The standard InChI is InChI=1S/C18H22N4O4S/c1-13-3-4-16(25-2)17(9-13)27(23,24)22-11-14-10-19-18(20-15(14)12-22)21-5-7-26-8-6-21/h3-4,9-10H,5-8,11-12H2,1-2H3. The van der Waals surface area contributed by atoms with Crippen LogP contribution in [-0.4, -0.2) is 56.1 Å². The topological polar surface area (TPSA) is 84.9 Å². The van der Waals surface area contributed by atoms with Crippen LogP contribution in [0.3, 0.4) is 0 Å². The number of sulfonamides is 1. The number of nitrogens with zero attached hydrogens (tertiary/aromatic N) is 4. The van der Waals surface area contributed by atoms with Crippen LogP contribution < -0.4 is 9.64 Å². The van der Waals surface area contributed by atoms with Crippen LogP contribution in [0, 0.1) is 6.92 Å². The number of aromatic nitrogens is 2. The van der Waals surface area contributed by atoms with E-state index in [0.717, 1.165) is 29.9 Å². The number of anilines is 1. The number of fused-ring (bicyclic) bond motifs is 1. The summed E-state index contributed by atoms with van der Waals surface area (Å²) in [5.41, 5.74) is 2.45. The first kappa shape index (κ1) is 18.1. The maximum Gasteiger partial charge on any atom is 0.247 e. The molecule has 1 fully saturated rings. The summed E-state index contributed by atoms with van der Waals surface area (Å²) in [7, 11) is -2.23. The van der Waals surface area contributed by atoms with Gasteiger partial charge in [0.1, 0.15) is 10.6 Å². The van der Waals surface area contributed by atoms with Gasteiger partial charge in [-0.15, -0.1) is 0 Å². The van der Waals surface area contributed by atoms with Crippen molar-refractivity contribution in [1.29, 1.82) is 0 Å². The van der Waals surface area contributed by atoms with Gasteiger partial charge in [0.25, 0.3) is 0 Å². The molecule has 0 amide bonds. The maximum absolute atomic E-state index is 13.2. The monoisotopic (exact) mass is 390 g/mol. The van der Waals surface area contributed by atoms with Crippen molar-refractivity contribution in [3.8, 4) is 5.75 Å². The van der Waals surface area contributed by atoms with Crippen molar-refractivity contribution in [2.75, 3.05) is 38.3 Å². The fraction of sp³-hybridized carbons (Fsp3) is 0.444. The molecule has 2 aromatic rings. The van der Waals surface area contributed by atoms with E-state index in [1.165, 1.54) is 11.4 Å². The lowest BCUT2D eigenvalue weighted by Crippen LogP contribution is -2.37. The minimum absolute atomic E-state index is 0.180.